The molecule has 1 heterocycles. The molecule has 0 spiro atoms. The van der Waals surface area contributed by atoms with E-state index in [1.54, 1.807) is 19.1 Å². The van der Waals surface area contributed by atoms with Crippen LogP contribution in [0.5, 0.6) is 11.5 Å². The molecule has 248 valence electrons. The fourth-order valence-corrected chi connectivity index (χ4v) is 6.55. The summed E-state index contributed by atoms with van der Waals surface area (Å²) < 4.78 is 17.6. The number of ether oxygens (including phenoxy) is 3. The number of piperidine rings is 1. The summed E-state index contributed by atoms with van der Waals surface area (Å²) in [6.07, 6.45) is 3.95. The van der Waals surface area contributed by atoms with E-state index in [1.807, 2.05) is 26.0 Å². The number of hydrogen-bond donors (Lipinski definition) is 0. The zero-order chi connectivity index (χ0) is 33.6. The van der Waals surface area contributed by atoms with Crippen LogP contribution in [0.4, 0.5) is 0 Å². The van der Waals surface area contributed by atoms with Gasteiger partial charge in [-0.25, -0.2) is 4.79 Å². The van der Waals surface area contributed by atoms with Gasteiger partial charge in [0.25, 0.3) is 0 Å². The van der Waals surface area contributed by atoms with Crippen LogP contribution < -0.4 is 9.47 Å². The number of aryl methyl sites for hydroxylation is 4. The molecule has 1 aliphatic rings. The smallest absolute Gasteiger partial charge is 0.329 e. The van der Waals surface area contributed by atoms with Gasteiger partial charge in [0.15, 0.2) is 11.5 Å². The van der Waals surface area contributed by atoms with Gasteiger partial charge in [-0.2, -0.15) is 0 Å². The van der Waals surface area contributed by atoms with Crippen LogP contribution >= 0.6 is 0 Å². The molecule has 1 aliphatic heterocycles. The number of carbonyl (C=O) groups excluding carboxylic acids is 2. The van der Waals surface area contributed by atoms with E-state index in [1.165, 1.54) is 22.3 Å². The molecule has 4 rings (SSSR count). The molecule has 1 saturated heterocycles. The number of carbonyl (C=O) groups is 2. The Bertz CT molecular complexity index is 1520. The molecule has 0 bridgehead atoms. The predicted molar refractivity (Wildman–Crippen MR) is 185 cm³/mol. The summed E-state index contributed by atoms with van der Waals surface area (Å²) in [7, 11) is 3.22. The van der Waals surface area contributed by atoms with E-state index in [4.69, 9.17) is 14.2 Å². The van der Waals surface area contributed by atoms with Crippen molar-refractivity contribution in [1.82, 2.24) is 4.90 Å². The molecule has 6 nitrogen and oxygen atoms in total. The van der Waals surface area contributed by atoms with Gasteiger partial charge in [-0.3, -0.25) is 4.79 Å². The monoisotopic (exact) mass is 627 g/mol. The molecule has 0 saturated carbocycles. The van der Waals surface area contributed by atoms with Crippen molar-refractivity contribution in [2.24, 2.45) is 0 Å². The van der Waals surface area contributed by atoms with E-state index in [2.05, 4.69) is 77.1 Å². The number of hydrogen-bond acceptors (Lipinski definition) is 5. The van der Waals surface area contributed by atoms with Crippen LogP contribution in [0.15, 0.2) is 54.6 Å². The second kappa shape index (κ2) is 15.2. The van der Waals surface area contributed by atoms with Gasteiger partial charge in [0.1, 0.15) is 12.1 Å². The third-order valence-corrected chi connectivity index (χ3v) is 9.50. The zero-order valence-electron chi connectivity index (χ0n) is 29.4. The number of benzene rings is 3. The molecule has 3 aromatic carbocycles. The lowest BCUT2D eigenvalue weighted by Gasteiger charge is -2.37. The van der Waals surface area contributed by atoms with Crippen LogP contribution in [0, 0.1) is 20.8 Å². The molecular weight excluding hydrogens is 574 g/mol. The lowest BCUT2D eigenvalue weighted by Crippen LogP contribution is -2.50. The molecular formula is C40H53NO5. The van der Waals surface area contributed by atoms with Gasteiger partial charge in [-0.1, -0.05) is 76.2 Å². The second-order valence-corrected chi connectivity index (χ2v) is 13.8. The fourth-order valence-electron chi connectivity index (χ4n) is 6.55. The first kappa shape index (κ1) is 35.1. The first-order valence-electron chi connectivity index (χ1n) is 16.8. The van der Waals surface area contributed by atoms with Gasteiger partial charge < -0.3 is 19.1 Å². The number of methoxy groups -OCH3 is 2. The summed E-state index contributed by atoms with van der Waals surface area (Å²) in [6, 6.07) is 18.2. The lowest BCUT2D eigenvalue weighted by molar-refractivity contribution is -0.162. The standard InChI is InChI=1S/C40H53NO5/c1-10-33(31-23-28(4)37(45-9)36(25-31)44-8)38(42)41-21-12-11-16-34(41)39(43)46-35(20-19-29-18-17-26(2)27(3)22-29)30-14-13-15-32(24-30)40(5,6)7/h13-15,17-18,22-25,33-35H,10-12,16,19-21H2,1-9H3/t33-,34-,35+/m0/s1. The molecule has 0 aliphatic carbocycles. The van der Waals surface area contributed by atoms with Gasteiger partial charge in [-0.05, 0) is 110 Å². The summed E-state index contributed by atoms with van der Waals surface area (Å²) in [5.41, 5.74) is 7.66. The summed E-state index contributed by atoms with van der Waals surface area (Å²) >= 11 is 0. The highest BCUT2D eigenvalue weighted by Gasteiger charge is 2.38. The van der Waals surface area contributed by atoms with Crippen molar-refractivity contribution in [3.05, 3.63) is 93.5 Å². The van der Waals surface area contributed by atoms with Crippen LogP contribution in [-0.4, -0.2) is 43.6 Å². The van der Waals surface area contributed by atoms with Crippen molar-refractivity contribution in [2.45, 2.75) is 110 Å². The van der Waals surface area contributed by atoms with Crippen molar-refractivity contribution in [3.8, 4) is 11.5 Å². The average molecular weight is 628 g/mol. The van der Waals surface area contributed by atoms with Crippen molar-refractivity contribution in [3.63, 3.8) is 0 Å². The van der Waals surface area contributed by atoms with Gasteiger partial charge in [0, 0.05) is 6.54 Å². The number of nitrogens with zero attached hydrogens (tertiary/aromatic N) is 1. The van der Waals surface area contributed by atoms with Crippen molar-refractivity contribution >= 4 is 11.9 Å². The molecule has 1 fully saturated rings. The van der Waals surface area contributed by atoms with Gasteiger partial charge >= 0.3 is 5.97 Å². The van der Waals surface area contributed by atoms with E-state index in [0.717, 1.165) is 36.0 Å². The number of rotatable bonds is 11. The summed E-state index contributed by atoms with van der Waals surface area (Å²) in [5.74, 6) is 0.489. The van der Waals surface area contributed by atoms with Crippen molar-refractivity contribution < 1.29 is 23.8 Å². The Balaban J connectivity index is 1.61. The average Bonchev–Trinajstić information content (AvgIpc) is 3.04. The number of esters is 1. The molecule has 0 aromatic heterocycles. The largest absolute Gasteiger partial charge is 0.493 e. The molecule has 0 radical (unpaired) electrons. The second-order valence-electron chi connectivity index (χ2n) is 13.8. The highest BCUT2D eigenvalue weighted by molar-refractivity contribution is 5.89. The Hall–Kier alpha value is -3.80. The maximum atomic E-state index is 14.2. The minimum absolute atomic E-state index is 0.0388. The Labute approximate surface area is 276 Å². The van der Waals surface area contributed by atoms with Crippen LogP contribution in [0.2, 0.25) is 0 Å². The maximum absolute atomic E-state index is 14.2. The van der Waals surface area contributed by atoms with Crippen LogP contribution in [0.1, 0.15) is 111 Å². The first-order valence-corrected chi connectivity index (χ1v) is 16.8. The van der Waals surface area contributed by atoms with Gasteiger partial charge in [0.2, 0.25) is 5.91 Å². The minimum atomic E-state index is -0.619. The maximum Gasteiger partial charge on any atom is 0.329 e. The van der Waals surface area contributed by atoms with Gasteiger partial charge in [0.05, 0.1) is 20.1 Å². The summed E-state index contributed by atoms with van der Waals surface area (Å²) in [4.78, 5) is 30.1. The lowest BCUT2D eigenvalue weighted by atomic mass is 9.85. The molecule has 1 amide bonds. The highest BCUT2D eigenvalue weighted by Crippen LogP contribution is 2.37. The zero-order valence-corrected chi connectivity index (χ0v) is 29.4. The molecule has 46 heavy (non-hydrogen) atoms. The normalized spacial score (nSPS) is 16.5. The Kier molecular flexibility index (Phi) is 11.6. The van der Waals surface area contributed by atoms with Crippen molar-refractivity contribution in [1.29, 1.82) is 0 Å². The van der Waals surface area contributed by atoms with Crippen LogP contribution in [0.3, 0.4) is 0 Å². The number of likely N-dealkylation sites (tertiary alicyclic amines) is 1. The Morgan fingerprint density at radius 2 is 1.65 bits per heavy atom. The third-order valence-electron chi connectivity index (χ3n) is 9.50. The molecule has 3 aromatic rings. The molecule has 6 heteroatoms. The van der Waals surface area contributed by atoms with E-state index in [-0.39, 0.29) is 17.3 Å². The highest BCUT2D eigenvalue weighted by atomic mass is 16.5. The van der Waals surface area contributed by atoms with E-state index in [0.29, 0.717) is 37.3 Å². The third kappa shape index (κ3) is 8.12. The fraction of sp³-hybridized carbons (Fsp3) is 0.500. The molecule has 0 N–H and O–H groups in total. The van der Waals surface area contributed by atoms with Crippen molar-refractivity contribution in [2.75, 3.05) is 20.8 Å². The van der Waals surface area contributed by atoms with Gasteiger partial charge in [-0.15, -0.1) is 0 Å². The topological polar surface area (TPSA) is 65.1 Å². The van der Waals surface area contributed by atoms with Crippen LogP contribution in [-0.2, 0) is 26.2 Å². The Morgan fingerprint density at radius 3 is 2.30 bits per heavy atom. The summed E-state index contributed by atoms with van der Waals surface area (Å²) in [6.45, 7) is 15.3. The van der Waals surface area contributed by atoms with E-state index in [9.17, 15) is 9.59 Å². The summed E-state index contributed by atoms with van der Waals surface area (Å²) in [5, 5.41) is 0. The Morgan fingerprint density at radius 1 is 0.891 bits per heavy atom. The first-order chi connectivity index (χ1) is 21.9. The number of amides is 1. The SMILES string of the molecule is CC[C@H](C(=O)N1CCCC[C@H]1C(=O)O[C@H](CCc1ccc(C)c(C)c1)c1cccc(C(C)(C)C)c1)c1cc(C)c(OC)c(OC)c1. The van der Waals surface area contributed by atoms with E-state index < -0.39 is 18.1 Å². The van der Waals surface area contributed by atoms with Crippen LogP contribution in [0.25, 0.3) is 0 Å². The molecule has 0 unspecified atom stereocenters. The predicted octanol–water partition coefficient (Wildman–Crippen LogP) is 8.72. The molecule has 3 atom stereocenters. The minimum Gasteiger partial charge on any atom is -0.493 e. The quantitative estimate of drug-likeness (QED) is 0.199. The van der Waals surface area contributed by atoms with E-state index >= 15 is 0 Å².